The molecule has 0 atom stereocenters. The molecule has 0 aliphatic rings. The van der Waals surface area contributed by atoms with Crippen molar-refractivity contribution in [1.29, 1.82) is 0 Å². The summed E-state index contributed by atoms with van der Waals surface area (Å²) in [5, 5.41) is 3.94. The van der Waals surface area contributed by atoms with Gasteiger partial charge in [0.05, 0.1) is 16.5 Å². The number of ether oxygens (including phenoxy) is 1. The first-order valence-corrected chi connectivity index (χ1v) is 8.21. The van der Waals surface area contributed by atoms with E-state index in [-0.39, 0.29) is 6.42 Å². The van der Waals surface area contributed by atoms with Crippen LogP contribution in [0.2, 0.25) is 20.1 Å². The first kappa shape index (κ1) is 18.9. The molecule has 2 aromatic rings. The molecule has 0 unspecified atom stereocenters. The van der Waals surface area contributed by atoms with E-state index < -0.39 is 18.5 Å². The van der Waals surface area contributed by atoms with E-state index >= 15 is 0 Å². The van der Waals surface area contributed by atoms with Crippen LogP contribution in [0.3, 0.4) is 0 Å². The molecule has 0 fully saturated rings. The molecular formula is C16H11Cl4NO3. The van der Waals surface area contributed by atoms with Gasteiger partial charge in [-0.25, -0.2) is 0 Å². The molecule has 0 aliphatic carbocycles. The van der Waals surface area contributed by atoms with E-state index in [4.69, 9.17) is 51.1 Å². The molecule has 0 aliphatic heterocycles. The number of amides is 1. The third-order valence-corrected chi connectivity index (χ3v) is 4.40. The minimum Gasteiger partial charge on any atom is -0.455 e. The molecule has 1 N–H and O–H groups in total. The molecule has 0 aromatic heterocycles. The molecule has 1 amide bonds. The number of carbonyl (C=O) groups excluding carboxylic acids is 2. The van der Waals surface area contributed by atoms with E-state index in [0.717, 1.165) is 0 Å². The Balaban J connectivity index is 1.87. The van der Waals surface area contributed by atoms with Crippen molar-refractivity contribution in [2.45, 2.75) is 6.42 Å². The lowest BCUT2D eigenvalue weighted by atomic mass is 10.1. The molecule has 0 bridgehead atoms. The van der Waals surface area contributed by atoms with E-state index in [1.54, 1.807) is 30.3 Å². The van der Waals surface area contributed by atoms with Gasteiger partial charge in [0.25, 0.3) is 5.91 Å². The van der Waals surface area contributed by atoms with Gasteiger partial charge in [-0.3, -0.25) is 9.59 Å². The summed E-state index contributed by atoms with van der Waals surface area (Å²) < 4.78 is 4.92. The highest BCUT2D eigenvalue weighted by Gasteiger charge is 2.13. The number of esters is 1. The van der Waals surface area contributed by atoms with Crippen LogP contribution >= 0.6 is 46.4 Å². The normalized spacial score (nSPS) is 10.3. The molecule has 0 spiro atoms. The highest BCUT2D eigenvalue weighted by molar-refractivity contribution is 6.42. The standard InChI is InChI=1S/C16H11Cl4NO3/c17-11-2-1-3-12(18)10(11)7-16(23)24-8-15(22)21-9-4-5-13(19)14(20)6-9/h1-6H,7-8H2,(H,21,22). The second-order valence-electron chi connectivity index (χ2n) is 4.71. The van der Waals surface area contributed by atoms with Crippen molar-refractivity contribution in [1.82, 2.24) is 0 Å². The summed E-state index contributed by atoms with van der Waals surface area (Å²) in [6.45, 7) is -0.443. The van der Waals surface area contributed by atoms with Crippen molar-refractivity contribution >= 4 is 64.0 Å². The van der Waals surface area contributed by atoms with E-state index in [1.165, 1.54) is 6.07 Å². The topological polar surface area (TPSA) is 55.4 Å². The van der Waals surface area contributed by atoms with Crippen molar-refractivity contribution in [3.63, 3.8) is 0 Å². The molecule has 0 saturated heterocycles. The van der Waals surface area contributed by atoms with Crippen LogP contribution in [-0.4, -0.2) is 18.5 Å². The average molecular weight is 407 g/mol. The van der Waals surface area contributed by atoms with Gasteiger partial charge in [-0.05, 0) is 30.3 Å². The van der Waals surface area contributed by atoms with Gasteiger partial charge in [-0.2, -0.15) is 0 Å². The van der Waals surface area contributed by atoms with Crippen LogP contribution in [0, 0.1) is 0 Å². The maximum absolute atomic E-state index is 11.8. The van der Waals surface area contributed by atoms with Crippen molar-refractivity contribution in [3.8, 4) is 0 Å². The fraction of sp³-hybridized carbons (Fsp3) is 0.125. The lowest BCUT2D eigenvalue weighted by molar-refractivity contribution is -0.146. The first-order valence-electron chi connectivity index (χ1n) is 6.70. The van der Waals surface area contributed by atoms with E-state index in [9.17, 15) is 9.59 Å². The van der Waals surface area contributed by atoms with Crippen LogP contribution in [-0.2, 0) is 20.7 Å². The van der Waals surface area contributed by atoms with E-state index in [1.807, 2.05) is 0 Å². The maximum atomic E-state index is 11.8. The van der Waals surface area contributed by atoms with Gasteiger partial charge in [-0.15, -0.1) is 0 Å². The first-order chi connectivity index (χ1) is 11.4. The van der Waals surface area contributed by atoms with Crippen molar-refractivity contribution in [2.75, 3.05) is 11.9 Å². The summed E-state index contributed by atoms with van der Waals surface area (Å²) in [7, 11) is 0. The smallest absolute Gasteiger partial charge is 0.310 e. The number of anilines is 1. The highest BCUT2D eigenvalue weighted by Crippen LogP contribution is 2.26. The van der Waals surface area contributed by atoms with Gasteiger partial charge in [-0.1, -0.05) is 52.5 Å². The molecule has 126 valence electrons. The number of halogens is 4. The Kier molecular flexibility index (Phi) is 6.75. The Hall–Kier alpha value is -1.46. The quantitative estimate of drug-likeness (QED) is 0.708. The summed E-state index contributed by atoms with van der Waals surface area (Å²) in [4.78, 5) is 23.6. The zero-order valence-electron chi connectivity index (χ0n) is 12.1. The minimum absolute atomic E-state index is 0.126. The van der Waals surface area contributed by atoms with E-state index in [0.29, 0.717) is 31.3 Å². The third-order valence-electron chi connectivity index (χ3n) is 2.95. The van der Waals surface area contributed by atoms with Gasteiger partial charge in [0.2, 0.25) is 0 Å². The molecule has 24 heavy (non-hydrogen) atoms. The number of hydrogen-bond donors (Lipinski definition) is 1. The predicted octanol–water partition coefficient (Wildman–Crippen LogP) is 5.02. The molecule has 0 heterocycles. The molecular weight excluding hydrogens is 396 g/mol. The highest BCUT2D eigenvalue weighted by atomic mass is 35.5. The summed E-state index contributed by atoms with van der Waals surface area (Å²) in [6.07, 6.45) is -0.126. The summed E-state index contributed by atoms with van der Waals surface area (Å²) in [6, 6.07) is 9.53. The average Bonchev–Trinajstić information content (AvgIpc) is 2.53. The van der Waals surface area contributed by atoms with Crippen LogP contribution in [0.4, 0.5) is 5.69 Å². The summed E-state index contributed by atoms with van der Waals surface area (Å²) >= 11 is 23.6. The lowest BCUT2D eigenvalue weighted by Crippen LogP contribution is -2.21. The van der Waals surface area contributed by atoms with Gasteiger partial charge >= 0.3 is 5.97 Å². The van der Waals surface area contributed by atoms with Crippen LogP contribution in [0.1, 0.15) is 5.56 Å². The van der Waals surface area contributed by atoms with Crippen LogP contribution in [0.15, 0.2) is 36.4 Å². The van der Waals surface area contributed by atoms with Gasteiger partial charge < -0.3 is 10.1 Å². The fourth-order valence-electron chi connectivity index (χ4n) is 1.81. The van der Waals surface area contributed by atoms with Crippen LogP contribution in [0.5, 0.6) is 0 Å². The molecule has 4 nitrogen and oxygen atoms in total. The minimum atomic E-state index is -0.616. The molecule has 0 radical (unpaired) electrons. The SMILES string of the molecule is O=C(COC(=O)Cc1c(Cl)cccc1Cl)Nc1ccc(Cl)c(Cl)c1. The van der Waals surface area contributed by atoms with Crippen LogP contribution < -0.4 is 5.32 Å². The number of carbonyl (C=O) groups is 2. The fourth-order valence-corrected chi connectivity index (χ4v) is 2.64. The van der Waals surface area contributed by atoms with Crippen molar-refractivity contribution in [3.05, 3.63) is 62.1 Å². The number of hydrogen-bond acceptors (Lipinski definition) is 3. The van der Waals surface area contributed by atoms with Gasteiger partial charge in [0, 0.05) is 21.3 Å². The Morgan fingerprint density at radius 3 is 2.21 bits per heavy atom. The molecule has 0 saturated carbocycles. The molecule has 8 heteroatoms. The molecule has 2 rings (SSSR count). The van der Waals surface area contributed by atoms with Gasteiger partial charge in [0.1, 0.15) is 0 Å². The summed E-state index contributed by atoms with van der Waals surface area (Å²) in [5.74, 6) is -1.12. The Bertz CT molecular complexity index is 760. The van der Waals surface area contributed by atoms with Crippen molar-refractivity contribution in [2.24, 2.45) is 0 Å². The van der Waals surface area contributed by atoms with Crippen LogP contribution in [0.25, 0.3) is 0 Å². The summed E-state index contributed by atoms with van der Waals surface area (Å²) in [5.41, 5.74) is 0.898. The Morgan fingerprint density at radius 1 is 0.917 bits per heavy atom. The van der Waals surface area contributed by atoms with E-state index in [2.05, 4.69) is 5.32 Å². The monoisotopic (exact) mass is 405 g/mol. The lowest BCUT2D eigenvalue weighted by Gasteiger charge is -2.09. The maximum Gasteiger partial charge on any atom is 0.310 e. The van der Waals surface area contributed by atoms with Gasteiger partial charge in [0.15, 0.2) is 6.61 Å². The second kappa shape index (κ2) is 8.58. The predicted molar refractivity (Wildman–Crippen MR) is 96.2 cm³/mol. The largest absolute Gasteiger partial charge is 0.455 e. The van der Waals surface area contributed by atoms with Crippen molar-refractivity contribution < 1.29 is 14.3 Å². The Morgan fingerprint density at radius 2 is 1.58 bits per heavy atom. The number of nitrogens with one attached hydrogen (secondary N) is 1. The number of benzene rings is 2. The third kappa shape index (κ3) is 5.28. The molecule has 2 aromatic carbocycles. The zero-order valence-corrected chi connectivity index (χ0v) is 15.1. The Labute approximate surface area is 158 Å². The second-order valence-corrected chi connectivity index (χ2v) is 6.34. The number of rotatable bonds is 5. The zero-order chi connectivity index (χ0) is 17.7.